The highest BCUT2D eigenvalue weighted by Crippen LogP contribution is 2.38. The quantitative estimate of drug-likeness (QED) is 0.841. The lowest BCUT2D eigenvalue weighted by molar-refractivity contribution is 0.340. The molecule has 1 N–H and O–H groups in total. The molecule has 0 radical (unpaired) electrons. The van der Waals surface area contributed by atoms with E-state index in [1.807, 2.05) is 6.92 Å². The zero-order chi connectivity index (χ0) is 17.9. The van der Waals surface area contributed by atoms with E-state index in [4.69, 9.17) is 4.74 Å². The molecule has 0 atom stereocenters. The van der Waals surface area contributed by atoms with Crippen LogP contribution in [0.25, 0.3) is 0 Å². The Morgan fingerprint density at radius 1 is 1.00 bits per heavy atom. The smallest absolute Gasteiger partial charge is 0.206 e. The number of hydrogen-bond donors (Lipinski definition) is 1. The van der Waals surface area contributed by atoms with E-state index in [0.717, 1.165) is 31.2 Å². The summed E-state index contributed by atoms with van der Waals surface area (Å²) in [4.78, 5) is 0.464. The molecule has 0 saturated heterocycles. The van der Waals surface area contributed by atoms with Gasteiger partial charge in [0.2, 0.25) is 9.84 Å². The van der Waals surface area contributed by atoms with Gasteiger partial charge in [-0.3, -0.25) is 0 Å². The summed E-state index contributed by atoms with van der Waals surface area (Å²) in [5, 5.41) is 10.2. The third kappa shape index (κ3) is 3.82. The van der Waals surface area contributed by atoms with E-state index in [1.165, 1.54) is 18.6 Å². The molecule has 1 fully saturated rings. The first kappa shape index (κ1) is 17.8. The second-order valence-electron chi connectivity index (χ2n) is 6.46. The minimum atomic E-state index is -3.62. The monoisotopic (exact) mass is 360 g/mol. The number of aromatic hydroxyl groups is 1. The van der Waals surface area contributed by atoms with Crippen molar-refractivity contribution in [1.29, 1.82) is 0 Å². The topological polar surface area (TPSA) is 63.6 Å². The Bertz CT molecular complexity index is 819. The van der Waals surface area contributed by atoms with Crippen LogP contribution in [0.5, 0.6) is 11.5 Å². The molecule has 2 aromatic carbocycles. The largest absolute Gasteiger partial charge is 0.508 e. The first-order valence-electron chi connectivity index (χ1n) is 8.83. The van der Waals surface area contributed by atoms with E-state index in [-0.39, 0.29) is 21.5 Å². The van der Waals surface area contributed by atoms with Gasteiger partial charge in [-0.05, 0) is 73.7 Å². The van der Waals surface area contributed by atoms with Crippen molar-refractivity contribution in [2.75, 3.05) is 6.61 Å². The molecule has 4 nitrogen and oxygen atoms in total. The summed E-state index contributed by atoms with van der Waals surface area (Å²) in [5.41, 5.74) is 0.756. The molecule has 2 aromatic rings. The molecule has 0 heterocycles. The Morgan fingerprint density at radius 3 is 2.28 bits per heavy atom. The van der Waals surface area contributed by atoms with Crippen LogP contribution in [0.15, 0.2) is 52.3 Å². The molecule has 0 aliphatic heterocycles. The molecular weight excluding hydrogens is 336 g/mol. The first-order chi connectivity index (χ1) is 12.0. The molecule has 1 aliphatic rings. The number of rotatable bonds is 5. The zero-order valence-corrected chi connectivity index (χ0v) is 15.3. The lowest BCUT2D eigenvalue weighted by Gasteiger charge is -2.23. The summed E-state index contributed by atoms with van der Waals surface area (Å²) in [6, 6.07) is 11.1. The van der Waals surface area contributed by atoms with Gasteiger partial charge in [0.25, 0.3) is 0 Å². The fourth-order valence-electron chi connectivity index (χ4n) is 3.46. The second-order valence-corrected chi connectivity index (χ2v) is 8.41. The molecule has 0 unspecified atom stereocenters. The standard InChI is InChI=1S/C20H24O4S/c1-2-24-16-8-10-17(11-9-16)25(22,23)18-12-13-20(21)19(14-18)15-6-4-3-5-7-15/h8-15,21H,2-7H2,1H3. The van der Waals surface area contributed by atoms with Crippen molar-refractivity contribution in [3.05, 3.63) is 48.0 Å². The molecule has 0 spiro atoms. The number of sulfone groups is 1. The summed E-state index contributed by atoms with van der Waals surface area (Å²) in [6.45, 7) is 2.42. The predicted molar refractivity (Wildman–Crippen MR) is 97.0 cm³/mol. The SMILES string of the molecule is CCOc1ccc(S(=O)(=O)c2ccc(O)c(C3CCCCC3)c2)cc1. The molecule has 134 valence electrons. The van der Waals surface area contributed by atoms with Crippen molar-refractivity contribution in [2.24, 2.45) is 0 Å². The van der Waals surface area contributed by atoms with Gasteiger partial charge in [0.05, 0.1) is 16.4 Å². The highest BCUT2D eigenvalue weighted by Gasteiger charge is 2.23. The van der Waals surface area contributed by atoms with Crippen molar-refractivity contribution in [3.8, 4) is 11.5 Å². The van der Waals surface area contributed by atoms with Crippen molar-refractivity contribution >= 4 is 9.84 Å². The van der Waals surface area contributed by atoms with E-state index in [1.54, 1.807) is 30.3 Å². The second kappa shape index (κ2) is 7.48. The van der Waals surface area contributed by atoms with Crippen LogP contribution < -0.4 is 4.74 Å². The van der Waals surface area contributed by atoms with Crippen molar-refractivity contribution in [2.45, 2.75) is 54.7 Å². The Labute approximate surface area is 149 Å². The van der Waals surface area contributed by atoms with Crippen LogP contribution >= 0.6 is 0 Å². The van der Waals surface area contributed by atoms with E-state index >= 15 is 0 Å². The van der Waals surface area contributed by atoms with Crippen molar-refractivity contribution in [1.82, 2.24) is 0 Å². The van der Waals surface area contributed by atoms with Gasteiger partial charge >= 0.3 is 0 Å². The van der Waals surface area contributed by atoms with E-state index in [0.29, 0.717) is 12.4 Å². The number of hydrogen-bond acceptors (Lipinski definition) is 4. The fraction of sp³-hybridized carbons (Fsp3) is 0.400. The van der Waals surface area contributed by atoms with Gasteiger partial charge in [0.15, 0.2) is 0 Å². The maximum Gasteiger partial charge on any atom is 0.206 e. The van der Waals surface area contributed by atoms with Crippen LogP contribution in [-0.2, 0) is 9.84 Å². The number of benzene rings is 2. The summed E-state index contributed by atoms with van der Waals surface area (Å²) >= 11 is 0. The van der Waals surface area contributed by atoms with Crippen LogP contribution in [0.2, 0.25) is 0 Å². The molecule has 5 heteroatoms. The Morgan fingerprint density at radius 2 is 1.64 bits per heavy atom. The van der Waals surface area contributed by atoms with E-state index < -0.39 is 9.84 Å². The third-order valence-corrected chi connectivity index (χ3v) is 6.57. The molecule has 0 amide bonds. The van der Waals surface area contributed by atoms with Crippen molar-refractivity contribution in [3.63, 3.8) is 0 Å². The highest BCUT2D eigenvalue weighted by atomic mass is 32.2. The van der Waals surface area contributed by atoms with Crippen molar-refractivity contribution < 1.29 is 18.3 Å². The first-order valence-corrected chi connectivity index (χ1v) is 10.3. The molecule has 0 bridgehead atoms. The van der Waals surface area contributed by atoms with Gasteiger partial charge in [-0.2, -0.15) is 0 Å². The lowest BCUT2D eigenvalue weighted by atomic mass is 9.84. The predicted octanol–water partition coefficient (Wildman–Crippen LogP) is 4.67. The maximum atomic E-state index is 12.9. The highest BCUT2D eigenvalue weighted by molar-refractivity contribution is 7.91. The molecule has 0 aromatic heterocycles. The number of phenols is 1. The Kier molecular flexibility index (Phi) is 5.33. The minimum absolute atomic E-state index is 0.192. The molecule has 1 aliphatic carbocycles. The maximum absolute atomic E-state index is 12.9. The Hall–Kier alpha value is -2.01. The summed E-state index contributed by atoms with van der Waals surface area (Å²) in [5.74, 6) is 1.08. The summed E-state index contributed by atoms with van der Waals surface area (Å²) < 4.78 is 31.2. The number of phenolic OH excluding ortho intramolecular Hbond substituents is 1. The molecule has 25 heavy (non-hydrogen) atoms. The third-order valence-electron chi connectivity index (χ3n) is 4.80. The summed E-state index contributed by atoms with van der Waals surface area (Å²) in [7, 11) is -3.62. The van der Waals surface area contributed by atoms with Gasteiger partial charge in [-0.1, -0.05) is 19.3 Å². The number of ether oxygens (including phenoxy) is 1. The lowest BCUT2D eigenvalue weighted by Crippen LogP contribution is -2.07. The normalized spacial score (nSPS) is 15.9. The van der Waals surface area contributed by atoms with Gasteiger partial charge < -0.3 is 9.84 Å². The average molecular weight is 360 g/mol. The van der Waals surface area contributed by atoms with Gasteiger partial charge in [0, 0.05) is 0 Å². The molecule has 3 rings (SSSR count). The summed E-state index contributed by atoms with van der Waals surface area (Å²) in [6.07, 6.45) is 5.46. The Balaban J connectivity index is 1.94. The minimum Gasteiger partial charge on any atom is -0.508 e. The van der Waals surface area contributed by atoms with Crippen LogP contribution in [0, 0.1) is 0 Å². The van der Waals surface area contributed by atoms with Gasteiger partial charge in [0.1, 0.15) is 11.5 Å². The zero-order valence-electron chi connectivity index (χ0n) is 14.4. The van der Waals surface area contributed by atoms with E-state index in [9.17, 15) is 13.5 Å². The van der Waals surface area contributed by atoms with Gasteiger partial charge in [-0.15, -0.1) is 0 Å². The van der Waals surface area contributed by atoms with Crippen LogP contribution in [0.4, 0.5) is 0 Å². The molecular formula is C20H24O4S. The van der Waals surface area contributed by atoms with Crippen LogP contribution in [0.1, 0.15) is 50.5 Å². The van der Waals surface area contributed by atoms with Crippen LogP contribution in [-0.4, -0.2) is 20.1 Å². The van der Waals surface area contributed by atoms with E-state index in [2.05, 4.69) is 0 Å². The van der Waals surface area contributed by atoms with Gasteiger partial charge in [-0.25, -0.2) is 8.42 Å². The van der Waals surface area contributed by atoms with Crippen LogP contribution in [0.3, 0.4) is 0 Å². The molecule has 1 saturated carbocycles. The average Bonchev–Trinajstić information content (AvgIpc) is 2.63. The fourth-order valence-corrected chi connectivity index (χ4v) is 4.75.